The summed E-state index contributed by atoms with van der Waals surface area (Å²) >= 11 is 0. The topological polar surface area (TPSA) is 29.3 Å². The van der Waals surface area contributed by atoms with E-state index in [0.29, 0.717) is 16.2 Å². The van der Waals surface area contributed by atoms with Crippen molar-refractivity contribution in [2.75, 3.05) is 19.6 Å². The highest BCUT2D eigenvalue weighted by Gasteiger charge is 2.50. The van der Waals surface area contributed by atoms with Crippen LogP contribution in [-0.2, 0) is 0 Å². The number of nitrogens with zero attached hydrogens (tertiary/aromatic N) is 1. The van der Waals surface area contributed by atoms with Gasteiger partial charge in [-0.2, -0.15) is 0 Å². The number of hydrogen-bond donors (Lipinski definition) is 1. The molecule has 2 fully saturated rings. The van der Waals surface area contributed by atoms with Gasteiger partial charge in [0.25, 0.3) is 0 Å². The lowest BCUT2D eigenvalue weighted by Gasteiger charge is -2.58. The van der Waals surface area contributed by atoms with Crippen LogP contribution >= 0.6 is 0 Å². The van der Waals surface area contributed by atoms with Gasteiger partial charge in [-0.15, -0.1) is 0 Å². The molecule has 1 aliphatic carbocycles. The van der Waals surface area contributed by atoms with Crippen molar-refractivity contribution in [2.45, 2.75) is 85.6 Å². The number of hydrogen-bond acceptors (Lipinski definition) is 2. The fraction of sp³-hybridized carbons (Fsp3) is 1.00. The minimum atomic E-state index is 0.236. The Morgan fingerprint density at radius 3 is 1.71 bits per heavy atom. The summed E-state index contributed by atoms with van der Waals surface area (Å²) in [4.78, 5) is 2.77. The second kappa shape index (κ2) is 5.53. The minimum Gasteiger partial charge on any atom is -0.329 e. The highest BCUT2D eigenvalue weighted by atomic mass is 15.2. The van der Waals surface area contributed by atoms with E-state index in [1.165, 1.54) is 51.6 Å². The Kier molecular flexibility index (Phi) is 4.55. The zero-order valence-corrected chi connectivity index (χ0v) is 15.4. The molecule has 0 aromatic rings. The summed E-state index contributed by atoms with van der Waals surface area (Å²) in [5.74, 6) is 0. The Morgan fingerprint density at radius 2 is 1.33 bits per heavy atom. The van der Waals surface area contributed by atoms with Gasteiger partial charge in [-0.25, -0.2) is 0 Å². The molecule has 0 radical (unpaired) electrons. The molecule has 0 aromatic heterocycles. The lowest BCUT2D eigenvalue weighted by Crippen LogP contribution is -2.62. The molecule has 2 aliphatic rings. The van der Waals surface area contributed by atoms with Gasteiger partial charge in [-0.3, -0.25) is 4.90 Å². The third kappa shape index (κ3) is 3.64. The van der Waals surface area contributed by atoms with Gasteiger partial charge >= 0.3 is 0 Å². The third-order valence-electron chi connectivity index (χ3n) is 6.45. The van der Waals surface area contributed by atoms with Crippen molar-refractivity contribution in [1.82, 2.24) is 4.90 Å². The summed E-state index contributed by atoms with van der Waals surface area (Å²) in [7, 11) is 0. The molecule has 0 aromatic carbocycles. The first-order valence-electron chi connectivity index (χ1n) is 9.01. The predicted octanol–water partition coefficient (Wildman–Crippen LogP) is 4.43. The van der Waals surface area contributed by atoms with Crippen LogP contribution in [0.3, 0.4) is 0 Å². The summed E-state index contributed by atoms with van der Waals surface area (Å²) in [5.41, 5.74) is 7.99. The SMILES string of the molecule is CCC1(C)CCN(C2(CN)CC(C)(C)CC(C)(C)C2)CC1. The van der Waals surface area contributed by atoms with E-state index in [1.54, 1.807) is 0 Å². The zero-order valence-electron chi connectivity index (χ0n) is 15.4. The van der Waals surface area contributed by atoms with Crippen LogP contribution < -0.4 is 5.73 Å². The molecule has 0 amide bonds. The Morgan fingerprint density at radius 1 is 0.857 bits per heavy atom. The average Bonchev–Trinajstić information content (AvgIpc) is 2.35. The molecule has 1 heterocycles. The first kappa shape index (κ1) is 17.3. The van der Waals surface area contributed by atoms with Crippen molar-refractivity contribution in [1.29, 1.82) is 0 Å². The lowest BCUT2D eigenvalue weighted by molar-refractivity contribution is -0.0653. The highest BCUT2D eigenvalue weighted by Crippen LogP contribution is 2.53. The van der Waals surface area contributed by atoms with Gasteiger partial charge in [-0.05, 0) is 61.4 Å². The van der Waals surface area contributed by atoms with Crippen LogP contribution in [0.15, 0.2) is 0 Å². The van der Waals surface area contributed by atoms with E-state index in [9.17, 15) is 0 Å². The largest absolute Gasteiger partial charge is 0.329 e. The van der Waals surface area contributed by atoms with E-state index < -0.39 is 0 Å². The van der Waals surface area contributed by atoms with Crippen LogP contribution in [0.5, 0.6) is 0 Å². The molecule has 1 saturated carbocycles. The first-order valence-corrected chi connectivity index (χ1v) is 9.01. The minimum absolute atomic E-state index is 0.236. The quantitative estimate of drug-likeness (QED) is 0.834. The van der Waals surface area contributed by atoms with Gasteiger partial charge in [0.2, 0.25) is 0 Å². The fourth-order valence-corrected chi connectivity index (χ4v) is 5.64. The molecule has 2 N–H and O–H groups in total. The standard InChI is InChI=1S/C19H38N2/c1-7-18(6)8-10-21(11-9-18)19(15-20)13-16(2,3)12-17(4,5)14-19/h7-15,20H2,1-6H3. The Hall–Kier alpha value is -0.0800. The van der Waals surface area contributed by atoms with Crippen molar-refractivity contribution in [3.63, 3.8) is 0 Å². The molecule has 0 spiro atoms. The lowest BCUT2D eigenvalue weighted by atomic mass is 9.57. The van der Waals surface area contributed by atoms with Crippen molar-refractivity contribution in [3.8, 4) is 0 Å². The molecular formula is C19H38N2. The van der Waals surface area contributed by atoms with E-state index in [4.69, 9.17) is 5.73 Å². The highest BCUT2D eigenvalue weighted by molar-refractivity contribution is 5.05. The molecule has 1 aliphatic heterocycles. The fourth-order valence-electron chi connectivity index (χ4n) is 5.64. The van der Waals surface area contributed by atoms with Gasteiger partial charge in [0.05, 0.1) is 0 Å². The van der Waals surface area contributed by atoms with Crippen molar-refractivity contribution >= 4 is 0 Å². The Labute approximate surface area is 132 Å². The molecule has 0 unspecified atom stereocenters. The normalized spacial score (nSPS) is 31.0. The van der Waals surface area contributed by atoms with Gasteiger partial charge in [0.1, 0.15) is 0 Å². The summed E-state index contributed by atoms with van der Waals surface area (Å²) in [6.07, 6.45) is 7.85. The molecule has 21 heavy (non-hydrogen) atoms. The van der Waals surface area contributed by atoms with Crippen LogP contribution in [-0.4, -0.2) is 30.1 Å². The molecule has 0 atom stereocenters. The van der Waals surface area contributed by atoms with Crippen molar-refractivity contribution < 1.29 is 0 Å². The molecule has 0 bridgehead atoms. The Bertz CT molecular complexity index is 346. The van der Waals surface area contributed by atoms with Crippen LogP contribution in [0.4, 0.5) is 0 Å². The maximum absolute atomic E-state index is 6.37. The molecule has 124 valence electrons. The van der Waals surface area contributed by atoms with E-state index in [2.05, 4.69) is 46.4 Å². The van der Waals surface area contributed by atoms with Gasteiger partial charge in [0, 0.05) is 12.1 Å². The van der Waals surface area contributed by atoms with Crippen molar-refractivity contribution in [3.05, 3.63) is 0 Å². The first-order chi connectivity index (χ1) is 9.55. The summed E-state index contributed by atoms with van der Waals surface area (Å²) in [6.45, 7) is 17.9. The number of nitrogens with two attached hydrogens (primary N) is 1. The number of rotatable bonds is 3. The smallest absolute Gasteiger partial charge is 0.0341 e. The monoisotopic (exact) mass is 294 g/mol. The summed E-state index contributed by atoms with van der Waals surface area (Å²) in [6, 6.07) is 0. The Balaban J connectivity index is 2.18. The summed E-state index contributed by atoms with van der Waals surface area (Å²) < 4.78 is 0. The van der Waals surface area contributed by atoms with E-state index in [-0.39, 0.29) is 5.54 Å². The average molecular weight is 295 g/mol. The molecule has 2 heteroatoms. The molecule has 2 rings (SSSR count). The zero-order chi connectivity index (χ0) is 15.9. The summed E-state index contributed by atoms with van der Waals surface area (Å²) in [5, 5.41) is 0. The maximum Gasteiger partial charge on any atom is 0.0341 e. The van der Waals surface area contributed by atoms with Crippen LogP contribution in [0.2, 0.25) is 0 Å². The van der Waals surface area contributed by atoms with Gasteiger partial charge < -0.3 is 5.73 Å². The van der Waals surface area contributed by atoms with E-state index >= 15 is 0 Å². The molecule has 1 saturated heterocycles. The van der Waals surface area contributed by atoms with Crippen LogP contribution in [0.25, 0.3) is 0 Å². The van der Waals surface area contributed by atoms with Crippen LogP contribution in [0, 0.1) is 16.2 Å². The van der Waals surface area contributed by atoms with Crippen LogP contribution in [0.1, 0.15) is 80.1 Å². The van der Waals surface area contributed by atoms with Gasteiger partial charge in [-0.1, -0.05) is 48.0 Å². The van der Waals surface area contributed by atoms with E-state index in [1.807, 2.05) is 0 Å². The van der Waals surface area contributed by atoms with Crippen molar-refractivity contribution in [2.24, 2.45) is 22.0 Å². The second-order valence-corrected chi connectivity index (χ2v) is 9.94. The second-order valence-electron chi connectivity index (χ2n) is 9.94. The predicted molar refractivity (Wildman–Crippen MR) is 92.4 cm³/mol. The van der Waals surface area contributed by atoms with Gasteiger partial charge in [0.15, 0.2) is 0 Å². The third-order valence-corrected chi connectivity index (χ3v) is 6.45. The molecule has 2 nitrogen and oxygen atoms in total. The van der Waals surface area contributed by atoms with E-state index in [0.717, 1.165) is 6.54 Å². The number of likely N-dealkylation sites (tertiary alicyclic amines) is 1. The number of piperidine rings is 1. The molecular weight excluding hydrogens is 256 g/mol. The maximum atomic E-state index is 6.37.